The molecule has 1 saturated heterocycles. The Morgan fingerprint density at radius 2 is 1.91 bits per heavy atom. The Morgan fingerprint density at radius 3 is 2.48 bits per heavy atom. The SMILES string of the molecule is CCOc1ccc(C2(CNC(=O)C(C)CC)CCOCC2)cc1. The van der Waals surface area contributed by atoms with Crippen LogP contribution in [0.5, 0.6) is 5.75 Å². The smallest absolute Gasteiger partial charge is 0.222 e. The van der Waals surface area contributed by atoms with Crippen molar-refractivity contribution in [1.29, 1.82) is 0 Å². The van der Waals surface area contributed by atoms with Crippen LogP contribution in [0.3, 0.4) is 0 Å². The first-order valence-electron chi connectivity index (χ1n) is 8.70. The lowest BCUT2D eigenvalue weighted by atomic mass is 9.74. The highest BCUT2D eigenvalue weighted by Gasteiger charge is 2.35. The zero-order valence-corrected chi connectivity index (χ0v) is 14.6. The highest BCUT2D eigenvalue weighted by atomic mass is 16.5. The zero-order chi connectivity index (χ0) is 16.7. The minimum Gasteiger partial charge on any atom is -0.494 e. The number of nitrogens with one attached hydrogen (secondary N) is 1. The summed E-state index contributed by atoms with van der Waals surface area (Å²) in [6.07, 6.45) is 2.73. The van der Waals surface area contributed by atoms with Crippen molar-refractivity contribution < 1.29 is 14.3 Å². The van der Waals surface area contributed by atoms with E-state index in [4.69, 9.17) is 9.47 Å². The van der Waals surface area contributed by atoms with E-state index < -0.39 is 0 Å². The van der Waals surface area contributed by atoms with Crippen molar-refractivity contribution in [1.82, 2.24) is 5.32 Å². The second kappa shape index (κ2) is 8.34. The summed E-state index contributed by atoms with van der Waals surface area (Å²) in [5.41, 5.74) is 1.22. The Hall–Kier alpha value is -1.55. The average Bonchev–Trinajstić information content (AvgIpc) is 2.60. The minimum absolute atomic E-state index is 0.0356. The van der Waals surface area contributed by atoms with Crippen molar-refractivity contribution in [2.24, 2.45) is 5.92 Å². The third-order valence-corrected chi connectivity index (χ3v) is 4.89. The first kappa shape index (κ1) is 17.8. The maximum absolute atomic E-state index is 12.2. The Bertz CT molecular complexity index is 492. The topological polar surface area (TPSA) is 47.6 Å². The summed E-state index contributed by atoms with van der Waals surface area (Å²) in [6.45, 7) is 8.83. The van der Waals surface area contributed by atoms with Gasteiger partial charge < -0.3 is 14.8 Å². The molecule has 1 aromatic rings. The van der Waals surface area contributed by atoms with Gasteiger partial charge in [0.1, 0.15) is 5.75 Å². The highest BCUT2D eigenvalue weighted by Crippen LogP contribution is 2.35. The summed E-state index contributed by atoms with van der Waals surface area (Å²) in [6, 6.07) is 8.30. The van der Waals surface area contributed by atoms with Crippen molar-refractivity contribution in [2.45, 2.75) is 45.4 Å². The molecular formula is C19H29NO3. The molecule has 23 heavy (non-hydrogen) atoms. The van der Waals surface area contributed by atoms with Crippen LogP contribution in [0.1, 0.15) is 45.6 Å². The summed E-state index contributed by atoms with van der Waals surface area (Å²) in [4.78, 5) is 12.2. The van der Waals surface area contributed by atoms with Gasteiger partial charge >= 0.3 is 0 Å². The number of ether oxygens (including phenoxy) is 2. The van der Waals surface area contributed by atoms with Gasteiger partial charge in [0.05, 0.1) is 6.61 Å². The number of carbonyl (C=O) groups is 1. The fourth-order valence-electron chi connectivity index (χ4n) is 3.02. The largest absolute Gasteiger partial charge is 0.494 e. The molecule has 128 valence electrons. The molecule has 2 rings (SSSR count). The maximum Gasteiger partial charge on any atom is 0.222 e. The van der Waals surface area contributed by atoms with Crippen LogP contribution >= 0.6 is 0 Å². The molecule has 1 N–H and O–H groups in total. The van der Waals surface area contributed by atoms with E-state index >= 15 is 0 Å². The molecule has 1 aliphatic rings. The van der Waals surface area contributed by atoms with Gasteiger partial charge in [-0.2, -0.15) is 0 Å². The first-order chi connectivity index (χ1) is 11.1. The summed E-state index contributed by atoms with van der Waals surface area (Å²) in [5.74, 6) is 1.10. The van der Waals surface area contributed by atoms with E-state index in [0.717, 1.165) is 38.2 Å². The third kappa shape index (κ3) is 4.47. The van der Waals surface area contributed by atoms with Gasteiger partial charge in [0.25, 0.3) is 0 Å². The summed E-state index contributed by atoms with van der Waals surface area (Å²) in [5, 5.41) is 3.16. The average molecular weight is 319 g/mol. The molecule has 0 spiro atoms. The van der Waals surface area contributed by atoms with Crippen molar-refractivity contribution in [3.63, 3.8) is 0 Å². The Kier molecular flexibility index (Phi) is 6.46. The van der Waals surface area contributed by atoms with Crippen LogP contribution in [0, 0.1) is 5.92 Å². The fraction of sp³-hybridized carbons (Fsp3) is 0.632. The zero-order valence-electron chi connectivity index (χ0n) is 14.6. The molecule has 0 aliphatic carbocycles. The number of rotatable bonds is 7. The quantitative estimate of drug-likeness (QED) is 0.839. The highest BCUT2D eigenvalue weighted by molar-refractivity contribution is 5.78. The molecular weight excluding hydrogens is 290 g/mol. The molecule has 4 nitrogen and oxygen atoms in total. The van der Waals surface area contributed by atoms with Crippen LogP contribution in [0.15, 0.2) is 24.3 Å². The van der Waals surface area contributed by atoms with Crippen molar-refractivity contribution in [3.05, 3.63) is 29.8 Å². The van der Waals surface area contributed by atoms with Crippen LogP contribution in [-0.4, -0.2) is 32.3 Å². The fourth-order valence-corrected chi connectivity index (χ4v) is 3.02. The molecule has 1 aromatic carbocycles. The van der Waals surface area contributed by atoms with E-state index in [1.807, 2.05) is 32.9 Å². The van der Waals surface area contributed by atoms with Crippen molar-refractivity contribution in [3.8, 4) is 5.75 Å². The van der Waals surface area contributed by atoms with Crippen LogP contribution < -0.4 is 10.1 Å². The predicted octanol–water partition coefficient (Wildman–Crippen LogP) is 3.30. The maximum atomic E-state index is 12.2. The lowest BCUT2D eigenvalue weighted by molar-refractivity contribution is -0.125. The monoisotopic (exact) mass is 319 g/mol. The number of benzene rings is 1. The second-order valence-corrected chi connectivity index (χ2v) is 6.38. The van der Waals surface area contributed by atoms with Crippen molar-refractivity contribution in [2.75, 3.05) is 26.4 Å². The van der Waals surface area contributed by atoms with E-state index in [0.29, 0.717) is 13.2 Å². The van der Waals surface area contributed by atoms with Gasteiger partial charge in [0.15, 0.2) is 0 Å². The summed E-state index contributed by atoms with van der Waals surface area (Å²) in [7, 11) is 0. The van der Waals surface area contributed by atoms with Gasteiger partial charge in [0, 0.05) is 31.1 Å². The van der Waals surface area contributed by atoms with E-state index in [1.54, 1.807) is 0 Å². The molecule has 0 saturated carbocycles. The second-order valence-electron chi connectivity index (χ2n) is 6.38. The van der Waals surface area contributed by atoms with Gasteiger partial charge in [-0.05, 0) is 43.9 Å². The first-order valence-corrected chi connectivity index (χ1v) is 8.70. The Balaban J connectivity index is 2.13. The Morgan fingerprint density at radius 1 is 1.26 bits per heavy atom. The number of amides is 1. The van der Waals surface area contributed by atoms with Gasteiger partial charge in [-0.25, -0.2) is 0 Å². The van der Waals surface area contributed by atoms with E-state index in [2.05, 4.69) is 17.4 Å². The van der Waals surface area contributed by atoms with Gasteiger partial charge in [-0.3, -0.25) is 4.79 Å². The molecule has 1 amide bonds. The minimum atomic E-state index is -0.0356. The summed E-state index contributed by atoms with van der Waals surface area (Å²) < 4.78 is 11.1. The Labute approximate surface area is 139 Å². The van der Waals surface area contributed by atoms with Crippen LogP contribution in [-0.2, 0) is 14.9 Å². The molecule has 1 aliphatic heterocycles. The predicted molar refractivity (Wildman–Crippen MR) is 91.8 cm³/mol. The summed E-state index contributed by atoms with van der Waals surface area (Å²) >= 11 is 0. The lowest BCUT2D eigenvalue weighted by Gasteiger charge is -2.38. The molecule has 1 atom stereocenters. The van der Waals surface area contributed by atoms with Crippen LogP contribution in [0.4, 0.5) is 0 Å². The van der Waals surface area contributed by atoms with E-state index in [9.17, 15) is 4.79 Å². The number of carbonyl (C=O) groups excluding carboxylic acids is 1. The van der Waals surface area contributed by atoms with Crippen LogP contribution in [0.25, 0.3) is 0 Å². The van der Waals surface area contributed by atoms with E-state index in [-0.39, 0.29) is 17.2 Å². The molecule has 0 radical (unpaired) electrons. The molecule has 0 bridgehead atoms. The molecule has 4 heteroatoms. The lowest BCUT2D eigenvalue weighted by Crippen LogP contribution is -2.45. The normalized spacial score (nSPS) is 18.2. The molecule has 0 aromatic heterocycles. The van der Waals surface area contributed by atoms with Gasteiger partial charge in [-0.1, -0.05) is 26.0 Å². The number of hydrogen-bond acceptors (Lipinski definition) is 3. The molecule has 1 fully saturated rings. The van der Waals surface area contributed by atoms with Crippen LogP contribution in [0.2, 0.25) is 0 Å². The number of hydrogen-bond donors (Lipinski definition) is 1. The van der Waals surface area contributed by atoms with Crippen molar-refractivity contribution >= 4 is 5.91 Å². The van der Waals surface area contributed by atoms with Gasteiger partial charge in [0.2, 0.25) is 5.91 Å². The standard InChI is InChI=1S/C19H29NO3/c1-4-15(3)18(21)20-14-19(10-12-22-13-11-19)16-6-8-17(9-7-16)23-5-2/h6-9,15H,4-5,10-14H2,1-3H3,(H,20,21). The third-order valence-electron chi connectivity index (χ3n) is 4.89. The van der Waals surface area contributed by atoms with E-state index in [1.165, 1.54) is 5.56 Å². The van der Waals surface area contributed by atoms with Gasteiger partial charge in [-0.15, -0.1) is 0 Å². The molecule has 1 heterocycles. The molecule has 1 unspecified atom stereocenters.